The summed E-state index contributed by atoms with van der Waals surface area (Å²) in [6.45, 7) is 6.50. The largest absolute Gasteiger partial charge is 0.329 e. The minimum absolute atomic E-state index is 0.194. The second kappa shape index (κ2) is 4.85. The Balaban J connectivity index is 3.89. The SMILES string of the molecule is CCC(CN)S(=O)C(C)C. The highest BCUT2D eigenvalue weighted by atomic mass is 32.2. The summed E-state index contributed by atoms with van der Waals surface area (Å²) in [6.07, 6.45) is 0.918. The normalized spacial score (nSPS) is 17.3. The van der Waals surface area contributed by atoms with Crippen LogP contribution in [0.15, 0.2) is 0 Å². The first-order valence-corrected chi connectivity index (χ1v) is 5.00. The summed E-state index contributed by atoms with van der Waals surface area (Å²) < 4.78 is 11.3. The molecular weight excluding hydrogens is 146 g/mol. The molecule has 0 aliphatic heterocycles. The molecule has 2 N–H and O–H groups in total. The van der Waals surface area contributed by atoms with E-state index in [2.05, 4.69) is 0 Å². The highest BCUT2D eigenvalue weighted by Crippen LogP contribution is 2.05. The van der Waals surface area contributed by atoms with Gasteiger partial charge in [0, 0.05) is 27.8 Å². The topological polar surface area (TPSA) is 43.1 Å². The van der Waals surface area contributed by atoms with Gasteiger partial charge in [0.05, 0.1) is 0 Å². The van der Waals surface area contributed by atoms with Gasteiger partial charge in [0.1, 0.15) is 0 Å². The Morgan fingerprint density at radius 1 is 1.50 bits per heavy atom. The maximum Gasteiger partial charge on any atom is 0.0470 e. The fraction of sp³-hybridized carbons (Fsp3) is 1.00. The molecule has 0 radical (unpaired) electrons. The highest BCUT2D eigenvalue weighted by molar-refractivity contribution is 7.86. The van der Waals surface area contributed by atoms with Crippen LogP contribution in [0.1, 0.15) is 27.2 Å². The number of nitrogens with two attached hydrogens (primary N) is 1. The van der Waals surface area contributed by atoms with Crippen LogP contribution in [-0.4, -0.2) is 21.3 Å². The zero-order valence-corrected chi connectivity index (χ0v) is 7.78. The first-order chi connectivity index (χ1) is 4.63. The average molecular weight is 163 g/mol. The van der Waals surface area contributed by atoms with Crippen molar-refractivity contribution in [3.8, 4) is 0 Å². The molecule has 0 aliphatic rings. The molecule has 62 valence electrons. The Morgan fingerprint density at radius 3 is 2.10 bits per heavy atom. The maximum atomic E-state index is 11.3. The van der Waals surface area contributed by atoms with Crippen molar-refractivity contribution in [3.63, 3.8) is 0 Å². The Kier molecular flexibility index (Phi) is 4.91. The van der Waals surface area contributed by atoms with Gasteiger partial charge in [-0.15, -0.1) is 0 Å². The van der Waals surface area contributed by atoms with E-state index < -0.39 is 10.8 Å². The van der Waals surface area contributed by atoms with Gasteiger partial charge in [-0.25, -0.2) is 0 Å². The molecule has 0 amide bonds. The third-order valence-corrected chi connectivity index (χ3v) is 3.62. The molecule has 0 aromatic carbocycles. The molecule has 0 saturated heterocycles. The van der Waals surface area contributed by atoms with Crippen LogP contribution in [0.25, 0.3) is 0 Å². The summed E-state index contributed by atoms with van der Waals surface area (Å²) in [5, 5.41) is 0.438. The number of hydrogen-bond acceptors (Lipinski definition) is 2. The van der Waals surface area contributed by atoms with E-state index in [0.29, 0.717) is 6.54 Å². The molecule has 0 rings (SSSR count). The molecule has 0 aliphatic carbocycles. The van der Waals surface area contributed by atoms with Gasteiger partial charge >= 0.3 is 0 Å². The monoisotopic (exact) mass is 163 g/mol. The lowest BCUT2D eigenvalue weighted by Gasteiger charge is -2.14. The predicted molar refractivity (Wildman–Crippen MR) is 46.4 cm³/mol. The molecule has 0 heterocycles. The van der Waals surface area contributed by atoms with Gasteiger partial charge in [-0.1, -0.05) is 20.8 Å². The van der Waals surface area contributed by atoms with Crippen LogP contribution in [0.4, 0.5) is 0 Å². The summed E-state index contributed by atoms with van der Waals surface area (Å²) in [5.41, 5.74) is 5.43. The minimum Gasteiger partial charge on any atom is -0.329 e. The van der Waals surface area contributed by atoms with E-state index >= 15 is 0 Å². The smallest absolute Gasteiger partial charge is 0.0470 e. The van der Waals surface area contributed by atoms with Crippen LogP contribution in [-0.2, 0) is 10.8 Å². The number of hydrogen-bond donors (Lipinski definition) is 1. The van der Waals surface area contributed by atoms with E-state index in [4.69, 9.17) is 5.73 Å². The van der Waals surface area contributed by atoms with Crippen molar-refractivity contribution < 1.29 is 4.21 Å². The lowest BCUT2D eigenvalue weighted by atomic mass is 10.3. The fourth-order valence-corrected chi connectivity index (χ4v) is 2.10. The molecular formula is C7H17NOS. The van der Waals surface area contributed by atoms with Gasteiger partial charge in [-0.3, -0.25) is 4.21 Å². The van der Waals surface area contributed by atoms with Crippen LogP contribution < -0.4 is 5.73 Å². The first-order valence-electron chi connectivity index (χ1n) is 3.72. The molecule has 0 aromatic rings. The van der Waals surface area contributed by atoms with E-state index in [-0.39, 0.29) is 10.5 Å². The Morgan fingerprint density at radius 2 is 2.00 bits per heavy atom. The van der Waals surface area contributed by atoms with E-state index in [1.165, 1.54) is 0 Å². The van der Waals surface area contributed by atoms with Crippen molar-refractivity contribution in [3.05, 3.63) is 0 Å². The number of rotatable bonds is 4. The average Bonchev–Trinajstić information content (AvgIpc) is 1.90. The van der Waals surface area contributed by atoms with Crippen LogP contribution in [0, 0.1) is 0 Å². The van der Waals surface area contributed by atoms with Crippen molar-refractivity contribution >= 4 is 10.8 Å². The van der Waals surface area contributed by atoms with Crippen molar-refractivity contribution in [2.75, 3.05) is 6.54 Å². The van der Waals surface area contributed by atoms with Crippen molar-refractivity contribution in [2.24, 2.45) is 5.73 Å². The van der Waals surface area contributed by atoms with Crippen molar-refractivity contribution in [1.29, 1.82) is 0 Å². The standard InChI is InChI=1S/C7H17NOS/c1-4-7(5-8)10(9)6(2)3/h6-7H,4-5,8H2,1-3H3. The summed E-state index contributed by atoms with van der Waals surface area (Å²) in [5.74, 6) is 0. The van der Waals surface area contributed by atoms with E-state index in [1.54, 1.807) is 0 Å². The summed E-state index contributed by atoms with van der Waals surface area (Å²) >= 11 is 0. The molecule has 2 nitrogen and oxygen atoms in total. The summed E-state index contributed by atoms with van der Waals surface area (Å²) in [4.78, 5) is 0. The van der Waals surface area contributed by atoms with Crippen LogP contribution in [0.2, 0.25) is 0 Å². The molecule has 2 unspecified atom stereocenters. The van der Waals surface area contributed by atoms with Gasteiger partial charge in [0.2, 0.25) is 0 Å². The third-order valence-electron chi connectivity index (χ3n) is 1.51. The Bertz CT molecular complexity index is 110. The van der Waals surface area contributed by atoms with E-state index in [9.17, 15) is 4.21 Å². The molecule has 0 aromatic heterocycles. The second-order valence-corrected chi connectivity index (χ2v) is 4.91. The summed E-state index contributed by atoms with van der Waals surface area (Å²) in [6, 6.07) is 0. The van der Waals surface area contributed by atoms with Gasteiger partial charge in [-0.05, 0) is 6.42 Å². The second-order valence-electron chi connectivity index (χ2n) is 2.64. The molecule has 0 saturated carbocycles. The van der Waals surface area contributed by atoms with Crippen molar-refractivity contribution in [1.82, 2.24) is 0 Å². The lowest BCUT2D eigenvalue weighted by Crippen LogP contribution is -2.28. The first kappa shape index (κ1) is 10.1. The highest BCUT2D eigenvalue weighted by Gasteiger charge is 2.14. The van der Waals surface area contributed by atoms with Crippen molar-refractivity contribution in [2.45, 2.75) is 37.7 Å². The summed E-state index contributed by atoms with van der Waals surface area (Å²) in [7, 11) is -0.735. The Hall–Kier alpha value is 0.110. The Labute approximate surface area is 65.6 Å². The zero-order valence-electron chi connectivity index (χ0n) is 6.96. The van der Waals surface area contributed by atoms with Crippen LogP contribution >= 0.6 is 0 Å². The fourth-order valence-electron chi connectivity index (χ4n) is 0.811. The molecule has 0 bridgehead atoms. The van der Waals surface area contributed by atoms with Gasteiger partial charge in [0.15, 0.2) is 0 Å². The van der Waals surface area contributed by atoms with Gasteiger partial charge < -0.3 is 5.73 Å². The van der Waals surface area contributed by atoms with E-state index in [1.807, 2.05) is 20.8 Å². The maximum absolute atomic E-state index is 11.3. The molecule has 2 atom stereocenters. The zero-order chi connectivity index (χ0) is 8.15. The minimum atomic E-state index is -0.735. The van der Waals surface area contributed by atoms with Gasteiger partial charge in [0.25, 0.3) is 0 Å². The molecule has 3 heteroatoms. The lowest BCUT2D eigenvalue weighted by molar-refractivity contribution is 0.656. The van der Waals surface area contributed by atoms with Gasteiger partial charge in [-0.2, -0.15) is 0 Å². The quantitative estimate of drug-likeness (QED) is 0.668. The van der Waals surface area contributed by atoms with Crippen LogP contribution in [0.5, 0.6) is 0 Å². The van der Waals surface area contributed by atoms with E-state index in [0.717, 1.165) is 6.42 Å². The third kappa shape index (κ3) is 2.80. The predicted octanol–water partition coefficient (Wildman–Crippen LogP) is 0.881. The van der Waals surface area contributed by atoms with Crippen LogP contribution in [0.3, 0.4) is 0 Å². The molecule has 0 spiro atoms. The molecule has 10 heavy (non-hydrogen) atoms. The molecule has 0 fully saturated rings.